The van der Waals surface area contributed by atoms with Gasteiger partial charge in [-0.3, -0.25) is 14.4 Å². The molecule has 2 aromatic rings. The summed E-state index contributed by atoms with van der Waals surface area (Å²) >= 11 is 0. The number of hydrogen-bond acceptors (Lipinski definition) is 3. The van der Waals surface area contributed by atoms with Gasteiger partial charge in [-0.25, -0.2) is 0 Å². The first-order chi connectivity index (χ1) is 13.5. The molecule has 28 heavy (non-hydrogen) atoms. The fraction of sp³-hybridized carbons (Fsp3) is 0.381. The Kier molecular flexibility index (Phi) is 4.66. The molecule has 0 bridgehead atoms. The first-order valence-corrected chi connectivity index (χ1v) is 9.61. The number of carbonyl (C=O) groups excluding carboxylic acids is 3. The van der Waals surface area contributed by atoms with Crippen LogP contribution in [0.5, 0.6) is 0 Å². The van der Waals surface area contributed by atoms with Gasteiger partial charge in [0.2, 0.25) is 5.91 Å². The zero-order valence-electron chi connectivity index (χ0n) is 15.9. The van der Waals surface area contributed by atoms with Crippen LogP contribution in [0.2, 0.25) is 0 Å². The summed E-state index contributed by atoms with van der Waals surface area (Å²) < 4.78 is 1.97. The number of nitrogens with one attached hydrogen (secondary N) is 2. The SMILES string of the molecule is C=CC(=O)NC1CN(C(=O)c2ccc3cc4n(c3c2)CCNC4=O)CCC1C. The maximum Gasteiger partial charge on any atom is 0.268 e. The lowest BCUT2D eigenvalue weighted by Gasteiger charge is -2.37. The minimum atomic E-state index is -0.217. The number of likely N-dealkylation sites (tertiary alicyclic amines) is 1. The van der Waals surface area contributed by atoms with Crippen molar-refractivity contribution < 1.29 is 14.4 Å². The van der Waals surface area contributed by atoms with Crippen LogP contribution in [0.25, 0.3) is 10.9 Å². The number of nitrogens with zero attached hydrogens (tertiary/aromatic N) is 2. The van der Waals surface area contributed by atoms with Crippen molar-refractivity contribution in [3.63, 3.8) is 0 Å². The van der Waals surface area contributed by atoms with Gasteiger partial charge in [0.15, 0.2) is 0 Å². The van der Waals surface area contributed by atoms with Gasteiger partial charge < -0.3 is 20.1 Å². The highest BCUT2D eigenvalue weighted by Gasteiger charge is 2.30. The molecule has 7 heteroatoms. The predicted molar refractivity (Wildman–Crippen MR) is 106 cm³/mol. The minimum absolute atomic E-state index is 0.0533. The number of benzene rings is 1. The van der Waals surface area contributed by atoms with Gasteiger partial charge >= 0.3 is 0 Å². The highest BCUT2D eigenvalue weighted by atomic mass is 16.2. The Morgan fingerprint density at radius 3 is 2.89 bits per heavy atom. The Morgan fingerprint density at radius 2 is 2.11 bits per heavy atom. The van der Waals surface area contributed by atoms with Crippen LogP contribution in [0.3, 0.4) is 0 Å². The third-order valence-corrected chi connectivity index (χ3v) is 5.76. The summed E-state index contributed by atoms with van der Waals surface area (Å²) in [5.41, 5.74) is 2.13. The van der Waals surface area contributed by atoms with E-state index in [0.29, 0.717) is 43.4 Å². The van der Waals surface area contributed by atoms with Crippen LogP contribution in [0.4, 0.5) is 0 Å². The molecule has 2 aliphatic heterocycles. The van der Waals surface area contributed by atoms with Gasteiger partial charge in [-0.05, 0) is 36.6 Å². The number of aromatic nitrogens is 1. The molecule has 0 radical (unpaired) electrons. The van der Waals surface area contributed by atoms with Crippen molar-refractivity contribution in [2.24, 2.45) is 5.92 Å². The number of fused-ring (bicyclic) bond motifs is 3. The van der Waals surface area contributed by atoms with E-state index >= 15 is 0 Å². The maximum absolute atomic E-state index is 13.1. The largest absolute Gasteiger partial charge is 0.349 e. The summed E-state index contributed by atoms with van der Waals surface area (Å²) in [4.78, 5) is 38.6. The fourth-order valence-corrected chi connectivity index (χ4v) is 4.05. The van der Waals surface area contributed by atoms with E-state index in [1.165, 1.54) is 6.08 Å². The molecule has 1 fully saturated rings. The number of hydrogen-bond donors (Lipinski definition) is 2. The summed E-state index contributed by atoms with van der Waals surface area (Å²) in [5.74, 6) is -0.0548. The Bertz CT molecular complexity index is 977. The molecule has 3 heterocycles. The fourth-order valence-electron chi connectivity index (χ4n) is 4.05. The second-order valence-electron chi connectivity index (χ2n) is 7.55. The molecule has 0 spiro atoms. The molecule has 1 aromatic heterocycles. The molecule has 1 aromatic carbocycles. The molecule has 2 unspecified atom stereocenters. The van der Waals surface area contributed by atoms with E-state index < -0.39 is 0 Å². The van der Waals surface area contributed by atoms with Crippen LogP contribution in [-0.2, 0) is 11.3 Å². The Morgan fingerprint density at radius 1 is 1.29 bits per heavy atom. The normalized spacial score (nSPS) is 21.8. The smallest absolute Gasteiger partial charge is 0.268 e. The van der Waals surface area contributed by atoms with Crippen molar-refractivity contribution in [1.82, 2.24) is 20.1 Å². The summed E-state index contributed by atoms with van der Waals surface area (Å²) in [6.07, 6.45) is 2.09. The predicted octanol–water partition coefficient (Wildman–Crippen LogP) is 1.54. The second-order valence-corrected chi connectivity index (χ2v) is 7.55. The number of rotatable bonds is 3. The third kappa shape index (κ3) is 3.17. The molecule has 146 valence electrons. The van der Waals surface area contributed by atoms with E-state index in [9.17, 15) is 14.4 Å². The van der Waals surface area contributed by atoms with Crippen molar-refractivity contribution in [3.8, 4) is 0 Å². The van der Waals surface area contributed by atoms with Gasteiger partial charge in [0.05, 0.1) is 0 Å². The molecule has 4 rings (SSSR count). The zero-order chi connectivity index (χ0) is 19.8. The number of amides is 3. The molecular weight excluding hydrogens is 356 g/mol. The quantitative estimate of drug-likeness (QED) is 0.793. The lowest BCUT2D eigenvalue weighted by Crippen LogP contribution is -2.53. The van der Waals surface area contributed by atoms with Gasteiger partial charge in [0.1, 0.15) is 5.69 Å². The minimum Gasteiger partial charge on any atom is -0.349 e. The number of carbonyl (C=O) groups is 3. The first-order valence-electron chi connectivity index (χ1n) is 9.61. The first kappa shape index (κ1) is 18.3. The average Bonchev–Trinajstić information content (AvgIpc) is 3.08. The van der Waals surface area contributed by atoms with E-state index in [2.05, 4.69) is 24.1 Å². The summed E-state index contributed by atoms with van der Waals surface area (Å²) in [6.45, 7) is 7.99. The van der Waals surface area contributed by atoms with Crippen LogP contribution in [-0.4, -0.2) is 52.9 Å². The van der Waals surface area contributed by atoms with Crippen molar-refractivity contribution in [1.29, 1.82) is 0 Å². The lowest BCUT2D eigenvalue weighted by molar-refractivity contribution is -0.117. The van der Waals surface area contributed by atoms with Gasteiger partial charge in [-0.15, -0.1) is 0 Å². The molecule has 7 nitrogen and oxygen atoms in total. The molecule has 3 amide bonds. The van der Waals surface area contributed by atoms with E-state index in [0.717, 1.165) is 17.3 Å². The van der Waals surface area contributed by atoms with Gasteiger partial charge in [-0.1, -0.05) is 19.6 Å². The topological polar surface area (TPSA) is 83.4 Å². The molecule has 0 aliphatic carbocycles. The van der Waals surface area contributed by atoms with Crippen molar-refractivity contribution in [2.75, 3.05) is 19.6 Å². The van der Waals surface area contributed by atoms with Crippen molar-refractivity contribution in [2.45, 2.75) is 25.9 Å². The highest BCUT2D eigenvalue weighted by Crippen LogP contribution is 2.25. The Balaban J connectivity index is 1.59. The second kappa shape index (κ2) is 7.14. The Hall–Kier alpha value is -3.09. The molecular formula is C21H24N4O3. The highest BCUT2D eigenvalue weighted by molar-refractivity contribution is 6.02. The van der Waals surface area contributed by atoms with Crippen molar-refractivity contribution >= 4 is 28.6 Å². The zero-order valence-corrected chi connectivity index (χ0v) is 15.9. The van der Waals surface area contributed by atoms with Gasteiger partial charge in [0.25, 0.3) is 11.8 Å². The van der Waals surface area contributed by atoms with Crippen LogP contribution in [0.15, 0.2) is 36.9 Å². The summed E-state index contributed by atoms with van der Waals surface area (Å²) in [6, 6.07) is 7.35. The van der Waals surface area contributed by atoms with Crippen LogP contribution in [0.1, 0.15) is 34.2 Å². The standard InChI is InChI=1S/C21H24N4O3/c1-3-19(26)23-16-12-24(8-6-13(16)2)21(28)15-5-4-14-10-18-20(27)22-7-9-25(18)17(14)11-15/h3-5,10-11,13,16H,1,6-9,12H2,2H3,(H,22,27)(H,23,26). The molecule has 1 saturated heterocycles. The average molecular weight is 380 g/mol. The van der Waals surface area contributed by atoms with E-state index in [-0.39, 0.29) is 23.8 Å². The monoisotopic (exact) mass is 380 g/mol. The molecule has 2 N–H and O–H groups in total. The third-order valence-electron chi connectivity index (χ3n) is 5.76. The van der Waals surface area contributed by atoms with E-state index in [4.69, 9.17) is 0 Å². The molecule has 2 atom stereocenters. The maximum atomic E-state index is 13.1. The van der Waals surface area contributed by atoms with Gasteiger partial charge in [-0.2, -0.15) is 0 Å². The summed E-state index contributed by atoms with van der Waals surface area (Å²) in [7, 11) is 0. The number of piperidine rings is 1. The Labute approximate surface area is 163 Å². The van der Waals surface area contributed by atoms with Gasteiger partial charge in [0, 0.05) is 48.7 Å². The van der Waals surface area contributed by atoms with Crippen LogP contribution < -0.4 is 10.6 Å². The van der Waals surface area contributed by atoms with E-state index in [1.54, 1.807) is 4.90 Å². The van der Waals surface area contributed by atoms with Crippen molar-refractivity contribution in [3.05, 3.63) is 48.2 Å². The van der Waals surface area contributed by atoms with E-state index in [1.807, 2.05) is 28.8 Å². The lowest BCUT2D eigenvalue weighted by atomic mass is 9.93. The van der Waals surface area contributed by atoms with Crippen LogP contribution >= 0.6 is 0 Å². The molecule has 2 aliphatic rings. The van der Waals surface area contributed by atoms with Crippen LogP contribution in [0, 0.1) is 5.92 Å². The molecule has 0 saturated carbocycles. The summed E-state index contributed by atoms with van der Waals surface area (Å²) in [5, 5.41) is 6.72.